The lowest BCUT2D eigenvalue weighted by molar-refractivity contribution is -0.137. The van der Waals surface area contributed by atoms with Gasteiger partial charge in [-0.25, -0.2) is 9.89 Å². The molecule has 0 atom stereocenters. The highest BCUT2D eigenvalue weighted by Crippen LogP contribution is 2.39. The van der Waals surface area contributed by atoms with Crippen LogP contribution < -0.4 is 10.5 Å². The summed E-state index contributed by atoms with van der Waals surface area (Å²) in [5.74, 6) is 0. The molecular weight excluding hydrogens is 401 g/mol. The van der Waals surface area contributed by atoms with Gasteiger partial charge < -0.3 is 14.5 Å². The number of alkyl halides is 3. The number of ether oxygens (including phenoxy) is 1. The van der Waals surface area contributed by atoms with Gasteiger partial charge in [-0.1, -0.05) is 6.07 Å². The first-order valence-electron chi connectivity index (χ1n) is 9.44. The second kappa shape index (κ2) is 8.00. The monoisotopic (exact) mass is 424 g/mol. The number of anilines is 1. The molecule has 1 saturated heterocycles. The Morgan fingerprint density at radius 1 is 1.07 bits per heavy atom. The van der Waals surface area contributed by atoms with Crippen molar-refractivity contribution in [3.8, 4) is 11.3 Å². The summed E-state index contributed by atoms with van der Waals surface area (Å²) in [6.45, 7) is 6.29. The number of carbonyl (C=O) groups excluding carboxylic acids is 1. The van der Waals surface area contributed by atoms with E-state index in [2.05, 4.69) is 10.2 Å². The van der Waals surface area contributed by atoms with Gasteiger partial charge in [-0.05, 0) is 39.0 Å². The number of carbonyl (C=O) groups is 1. The summed E-state index contributed by atoms with van der Waals surface area (Å²) in [5, 5.41) is 6.02. The smallest absolute Gasteiger partial charge is 0.418 e. The number of piperazine rings is 1. The van der Waals surface area contributed by atoms with E-state index in [-0.39, 0.29) is 43.1 Å². The number of aromatic amines is 1. The third-order valence-corrected chi connectivity index (χ3v) is 4.55. The average molecular weight is 424 g/mol. The number of aromatic nitrogens is 2. The number of H-pyrrole nitrogens is 1. The van der Waals surface area contributed by atoms with Gasteiger partial charge in [-0.2, -0.15) is 18.3 Å². The van der Waals surface area contributed by atoms with Crippen molar-refractivity contribution in [2.45, 2.75) is 32.5 Å². The van der Waals surface area contributed by atoms with Gasteiger partial charge in [0.25, 0.3) is 5.56 Å². The largest absolute Gasteiger partial charge is 0.444 e. The van der Waals surface area contributed by atoms with E-state index in [4.69, 9.17) is 4.74 Å². The van der Waals surface area contributed by atoms with Crippen molar-refractivity contribution in [3.05, 3.63) is 46.2 Å². The predicted molar refractivity (Wildman–Crippen MR) is 105 cm³/mol. The normalized spacial score (nSPS) is 15.3. The standard InChI is InChI=1S/C20H23F3N4O3/c1-19(2,3)30-18(29)27-10-8-26(9-11-27)16-6-4-13(12-14(16)20(21,22)23)15-5-7-17(28)25-24-15/h4-7,12H,8-11H2,1-3H3,(H,25,28). The molecule has 1 fully saturated rings. The fraction of sp³-hybridized carbons (Fsp3) is 0.450. The summed E-state index contributed by atoms with van der Waals surface area (Å²) in [4.78, 5) is 26.4. The molecule has 0 saturated carbocycles. The van der Waals surface area contributed by atoms with E-state index in [1.807, 2.05) is 0 Å². The maximum atomic E-state index is 13.8. The van der Waals surface area contributed by atoms with Crippen molar-refractivity contribution in [3.63, 3.8) is 0 Å². The highest BCUT2D eigenvalue weighted by Gasteiger charge is 2.36. The van der Waals surface area contributed by atoms with Crippen LogP contribution in [0.4, 0.5) is 23.7 Å². The topological polar surface area (TPSA) is 78.5 Å². The molecule has 1 aliphatic heterocycles. The fourth-order valence-electron chi connectivity index (χ4n) is 3.16. The zero-order valence-electron chi connectivity index (χ0n) is 16.9. The van der Waals surface area contributed by atoms with Crippen LogP contribution in [0.15, 0.2) is 35.1 Å². The second-order valence-electron chi connectivity index (χ2n) is 7.99. The Balaban J connectivity index is 1.82. The average Bonchev–Trinajstić information content (AvgIpc) is 2.66. The van der Waals surface area contributed by atoms with E-state index >= 15 is 0 Å². The molecule has 10 heteroatoms. The minimum Gasteiger partial charge on any atom is -0.444 e. The molecule has 2 aromatic rings. The number of benzene rings is 1. The summed E-state index contributed by atoms with van der Waals surface area (Å²) >= 11 is 0. The zero-order valence-corrected chi connectivity index (χ0v) is 16.9. The molecule has 162 valence electrons. The second-order valence-corrected chi connectivity index (χ2v) is 7.99. The summed E-state index contributed by atoms with van der Waals surface area (Å²) < 4.78 is 46.6. The summed E-state index contributed by atoms with van der Waals surface area (Å²) in [6.07, 6.45) is -5.05. The number of halogens is 3. The van der Waals surface area contributed by atoms with Crippen molar-refractivity contribution >= 4 is 11.8 Å². The van der Waals surface area contributed by atoms with Gasteiger partial charge in [0.05, 0.1) is 11.3 Å². The quantitative estimate of drug-likeness (QED) is 0.798. The van der Waals surface area contributed by atoms with Crippen LogP contribution in [-0.2, 0) is 10.9 Å². The minimum atomic E-state index is -4.57. The Hall–Kier alpha value is -3.04. The van der Waals surface area contributed by atoms with Crippen molar-refractivity contribution in [1.29, 1.82) is 0 Å². The number of rotatable bonds is 2. The lowest BCUT2D eigenvalue weighted by Crippen LogP contribution is -2.50. The van der Waals surface area contributed by atoms with E-state index in [1.54, 1.807) is 25.7 Å². The van der Waals surface area contributed by atoms with Crippen molar-refractivity contribution in [1.82, 2.24) is 15.1 Å². The molecule has 0 radical (unpaired) electrons. The van der Waals surface area contributed by atoms with Gasteiger partial charge in [0.2, 0.25) is 0 Å². The van der Waals surface area contributed by atoms with Gasteiger partial charge in [-0.15, -0.1) is 0 Å². The van der Waals surface area contributed by atoms with Crippen LogP contribution in [0.1, 0.15) is 26.3 Å². The molecule has 3 rings (SSSR count). The zero-order chi connectivity index (χ0) is 22.1. The SMILES string of the molecule is CC(C)(C)OC(=O)N1CCN(c2ccc(-c3ccc(=O)[nH]n3)cc2C(F)(F)F)CC1. The van der Waals surface area contributed by atoms with Crippen LogP contribution in [0.5, 0.6) is 0 Å². The van der Waals surface area contributed by atoms with Crippen LogP contribution in [0.3, 0.4) is 0 Å². The first-order valence-corrected chi connectivity index (χ1v) is 9.44. The minimum absolute atomic E-state index is 0.0412. The maximum Gasteiger partial charge on any atom is 0.418 e. The van der Waals surface area contributed by atoms with E-state index in [9.17, 15) is 22.8 Å². The third-order valence-electron chi connectivity index (χ3n) is 4.55. The van der Waals surface area contributed by atoms with E-state index < -0.39 is 29.0 Å². The molecule has 7 nitrogen and oxygen atoms in total. The molecule has 0 unspecified atom stereocenters. The number of hydrogen-bond acceptors (Lipinski definition) is 5. The van der Waals surface area contributed by atoms with Crippen LogP contribution >= 0.6 is 0 Å². The van der Waals surface area contributed by atoms with Gasteiger partial charge in [0, 0.05) is 43.5 Å². The number of amides is 1. The molecule has 2 heterocycles. The number of nitrogens with one attached hydrogen (secondary N) is 1. The molecule has 0 aliphatic carbocycles. The van der Waals surface area contributed by atoms with Gasteiger partial charge in [0.1, 0.15) is 5.60 Å². The molecule has 0 spiro atoms. The first kappa shape index (κ1) is 21.7. The first-order chi connectivity index (χ1) is 13.9. The lowest BCUT2D eigenvalue weighted by Gasteiger charge is -2.37. The highest BCUT2D eigenvalue weighted by molar-refractivity contribution is 5.70. The molecule has 1 aromatic carbocycles. The molecule has 30 heavy (non-hydrogen) atoms. The lowest BCUT2D eigenvalue weighted by atomic mass is 10.0. The van der Waals surface area contributed by atoms with Crippen LogP contribution in [0, 0.1) is 0 Å². The number of hydrogen-bond donors (Lipinski definition) is 1. The predicted octanol–water partition coefficient (Wildman–Crippen LogP) is 3.51. The Kier molecular flexibility index (Phi) is 5.78. The molecule has 0 bridgehead atoms. The van der Waals surface area contributed by atoms with Gasteiger partial charge in [-0.3, -0.25) is 4.79 Å². The Bertz CT molecular complexity index is 954. The van der Waals surface area contributed by atoms with Crippen LogP contribution in [-0.4, -0.2) is 53.0 Å². The highest BCUT2D eigenvalue weighted by atomic mass is 19.4. The van der Waals surface area contributed by atoms with Crippen molar-refractivity contribution < 1.29 is 22.7 Å². The fourth-order valence-corrected chi connectivity index (χ4v) is 3.16. The van der Waals surface area contributed by atoms with Crippen LogP contribution in [0.25, 0.3) is 11.3 Å². The summed E-state index contributed by atoms with van der Waals surface area (Å²) in [5.41, 5.74) is -1.34. The molecule has 1 N–H and O–H groups in total. The molecule has 1 aromatic heterocycles. The van der Waals surface area contributed by atoms with E-state index in [1.165, 1.54) is 29.2 Å². The van der Waals surface area contributed by atoms with Gasteiger partial charge >= 0.3 is 12.3 Å². The van der Waals surface area contributed by atoms with Crippen molar-refractivity contribution in [2.24, 2.45) is 0 Å². The van der Waals surface area contributed by atoms with Crippen molar-refractivity contribution in [2.75, 3.05) is 31.1 Å². The third kappa shape index (κ3) is 5.11. The Labute approximate surface area is 171 Å². The molecule has 1 aliphatic rings. The molecule has 1 amide bonds. The van der Waals surface area contributed by atoms with E-state index in [0.29, 0.717) is 0 Å². The van der Waals surface area contributed by atoms with Crippen LogP contribution in [0.2, 0.25) is 0 Å². The van der Waals surface area contributed by atoms with E-state index in [0.717, 1.165) is 6.07 Å². The summed E-state index contributed by atoms with van der Waals surface area (Å²) in [7, 11) is 0. The Morgan fingerprint density at radius 2 is 1.73 bits per heavy atom. The maximum absolute atomic E-state index is 13.8. The number of nitrogens with zero attached hydrogens (tertiary/aromatic N) is 3. The van der Waals surface area contributed by atoms with Gasteiger partial charge in [0.15, 0.2) is 0 Å². The Morgan fingerprint density at radius 3 is 2.27 bits per heavy atom. The summed E-state index contributed by atoms with van der Waals surface area (Å²) in [6, 6.07) is 6.53. The molecular formula is C20H23F3N4O3.